The SMILES string of the molecule is O=C(O)CCCS(=O)(=O)Nc1cc2c(cc1Cl)NC(=O)C2. The summed E-state index contributed by atoms with van der Waals surface area (Å²) < 4.78 is 26.0. The average molecular weight is 333 g/mol. The van der Waals surface area contributed by atoms with Gasteiger partial charge in [-0.15, -0.1) is 0 Å². The van der Waals surface area contributed by atoms with Gasteiger partial charge in [-0.25, -0.2) is 8.42 Å². The minimum Gasteiger partial charge on any atom is -0.481 e. The fraction of sp³-hybridized carbons (Fsp3) is 0.333. The summed E-state index contributed by atoms with van der Waals surface area (Å²) in [4.78, 5) is 21.6. The smallest absolute Gasteiger partial charge is 0.303 e. The van der Waals surface area contributed by atoms with E-state index in [9.17, 15) is 18.0 Å². The molecule has 1 heterocycles. The molecule has 0 aliphatic carbocycles. The third-order valence-electron chi connectivity index (χ3n) is 2.89. The number of amides is 1. The van der Waals surface area contributed by atoms with E-state index in [-0.39, 0.29) is 41.6 Å². The van der Waals surface area contributed by atoms with Gasteiger partial charge < -0.3 is 10.4 Å². The number of carboxylic acid groups (broad SMARTS) is 1. The van der Waals surface area contributed by atoms with E-state index in [1.54, 1.807) is 0 Å². The zero-order chi connectivity index (χ0) is 15.6. The standard InChI is InChI=1S/C12H13ClN2O5S/c13-8-6-9-7(5-11(16)14-9)4-10(8)15-21(19,20)3-1-2-12(17)18/h4,6,15H,1-3,5H2,(H,14,16)(H,17,18). The Hall–Kier alpha value is -1.80. The van der Waals surface area contributed by atoms with Gasteiger partial charge in [-0.1, -0.05) is 11.6 Å². The fourth-order valence-electron chi connectivity index (χ4n) is 1.96. The maximum absolute atomic E-state index is 11.9. The van der Waals surface area contributed by atoms with Crippen molar-refractivity contribution in [2.75, 3.05) is 15.8 Å². The molecule has 3 N–H and O–H groups in total. The van der Waals surface area contributed by atoms with Crippen LogP contribution in [0.1, 0.15) is 18.4 Å². The summed E-state index contributed by atoms with van der Waals surface area (Å²) >= 11 is 5.97. The third-order valence-corrected chi connectivity index (χ3v) is 4.56. The van der Waals surface area contributed by atoms with Gasteiger partial charge in [-0.2, -0.15) is 0 Å². The largest absolute Gasteiger partial charge is 0.481 e. The molecular weight excluding hydrogens is 320 g/mol. The van der Waals surface area contributed by atoms with Crippen molar-refractivity contribution in [2.24, 2.45) is 0 Å². The average Bonchev–Trinajstić information content (AvgIpc) is 2.67. The first-order valence-corrected chi connectivity index (χ1v) is 8.14. The van der Waals surface area contributed by atoms with Gasteiger partial charge in [0.15, 0.2) is 0 Å². The molecule has 0 unspecified atom stereocenters. The molecule has 7 nitrogen and oxygen atoms in total. The van der Waals surface area contributed by atoms with Crippen LogP contribution >= 0.6 is 11.6 Å². The number of sulfonamides is 1. The van der Waals surface area contributed by atoms with Gasteiger partial charge in [0.05, 0.1) is 22.9 Å². The van der Waals surface area contributed by atoms with Crippen LogP contribution in [0.4, 0.5) is 11.4 Å². The maximum Gasteiger partial charge on any atom is 0.303 e. The van der Waals surface area contributed by atoms with E-state index in [4.69, 9.17) is 16.7 Å². The minimum absolute atomic E-state index is 0.00721. The van der Waals surface area contributed by atoms with Crippen LogP contribution in [0.25, 0.3) is 0 Å². The van der Waals surface area contributed by atoms with Crippen molar-refractivity contribution in [2.45, 2.75) is 19.3 Å². The van der Waals surface area contributed by atoms with E-state index in [0.29, 0.717) is 11.3 Å². The van der Waals surface area contributed by atoms with Crippen molar-refractivity contribution in [3.05, 3.63) is 22.7 Å². The number of carbonyl (C=O) groups is 2. The lowest BCUT2D eigenvalue weighted by atomic mass is 10.1. The van der Waals surface area contributed by atoms with Gasteiger partial charge in [-0.05, 0) is 24.1 Å². The highest BCUT2D eigenvalue weighted by Crippen LogP contribution is 2.33. The van der Waals surface area contributed by atoms with Gasteiger partial charge in [0.25, 0.3) is 0 Å². The van der Waals surface area contributed by atoms with E-state index in [1.165, 1.54) is 12.1 Å². The number of benzene rings is 1. The molecule has 0 atom stereocenters. The second-order valence-corrected chi connectivity index (χ2v) is 6.88. The fourth-order valence-corrected chi connectivity index (χ4v) is 3.36. The molecule has 9 heteroatoms. The van der Waals surface area contributed by atoms with Crippen molar-refractivity contribution < 1.29 is 23.1 Å². The number of aliphatic carboxylic acids is 1. The summed E-state index contributed by atoms with van der Waals surface area (Å²) in [5.41, 5.74) is 1.41. The molecule has 0 saturated heterocycles. The van der Waals surface area contributed by atoms with Crippen molar-refractivity contribution in [3.63, 3.8) is 0 Å². The summed E-state index contributed by atoms with van der Waals surface area (Å²) in [5, 5.41) is 11.3. The van der Waals surface area contributed by atoms with E-state index in [2.05, 4.69) is 10.0 Å². The lowest BCUT2D eigenvalue weighted by molar-refractivity contribution is -0.137. The highest BCUT2D eigenvalue weighted by Gasteiger charge is 2.21. The molecular formula is C12H13ClN2O5S. The van der Waals surface area contributed by atoms with Gasteiger partial charge in [-0.3, -0.25) is 14.3 Å². The van der Waals surface area contributed by atoms with Crippen LogP contribution in [0.3, 0.4) is 0 Å². The second kappa shape index (κ2) is 5.90. The number of hydrogen-bond acceptors (Lipinski definition) is 4. The highest BCUT2D eigenvalue weighted by molar-refractivity contribution is 7.92. The van der Waals surface area contributed by atoms with Crippen LogP contribution in [-0.4, -0.2) is 31.2 Å². The Morgan fingerprint density at radius 3 is 2.81 bits per heavy atom. The van der Waals surface area contributed by atoms with Gasteiger partial charge in [0.2, 0.25) is 15.9 Å². The minimum atomic E-state index is -3.69. The lowest BCUT2D eigenvalue weighted by Crippen LogP contribution is -2.17. The molecule has 1 amide bonds. The summed E-state index contributed by atoms with van der Waals surface area (Å²) in [6, 6.07) is 2.99. The highest BCUT2D eigenvalue weighted by atomic mass is 35.5. The lowest BCUT2D eigenvalue weighted by Gasteiger charge is -2.11. The van der Waals surface area contributed by atoms with Crippen LogP contribution < -0.4 is 10.0 Å². The van der Waals surface area contributed by atoms with Crippen molar-refractivity contribution in [3.8, 4) is 0 Å². The van der Waals surface area contributed by atoms with Crippen LogP contribution in [-0.2, 0) is 26.0 Å². The molecule has 21 heavy (non-hydrogen) atoms. The van der Waals surface area contributed by atoms with E-state index >= 15 is 0 Å². The predicted octanol–water partition coefficient (Wildman–Crippen LogP) is 1.44. The summed E-state index contributed by atoms with van der Waals surface area (Å²) in [7, 11) is -3.69. The van der Waals surface area contributed by atoms with Crippen LogP contribution in [0.5, 0.6) is 0 Å². The Kier molecular flexibility index (Phi) is 4.38. The molecule has 0 aromatic heterocycles. The molecule has 1 aliphatic rings. The molecule has 0 spiro atoms. The van der Waals surface area contributed by atoms with E-state index in [0.717, 1.165) is 0 Å². The first-order chi connectivity index (χ1) is 9.77. The Morgan fingerprint density at radius 2 is 2.14 bits per heavy atom. The Bertz CT molecular complexity index is 702. The Morgan fingerprint density at radius 1 is 1.43 bits per heavy atom. The number of rotatable bonds is 6. The Balaban J connectivity index is 2.11. The third kappa shape index (κ3) is 4.08. The van der Waals surface area contributed by atoms with Crippen LogP contribution in [0, 0.1) is 0 Å². The number of anilines is 2. The molecule has 1 aliphatic heterocycles. The number of nitrogens with one attached hydrogen (secondary N) is 2. The van der Waals surface area contributed by atoms with Crippen molar-refractivity contribution >= 4 is 44.9 Å². The molecule has 1 aromatic carbocycles. The second-order valence-electron chi connectivity index (χ2n) is 4.63. The molecule has 2 rings (SSSR count). The van der Waals surface area contributed by atoms with E-state index < -0.39 is 16.0 Å². The summed E-state index contributed by atoms with van der Waals surface area (Å²) in [5.74, 6) is -1.54. The topological polar surface area (TPSA) is 113 Å². The molecule has 1 aromatic rings. The predicted molar refractivity (Wildman–Crippen MR) is 78.1 cm³/mol. The zero-order valence-electron chi connectivity index (χ0n) is 10.8. The Labute approximate surface area is 126 Å². The molecule has 0 radical (unpaired) electrons. The van der Waals surface area contributed by atoms with Gasteiger partial charge >= 0.3 is 5.97 Å². The number of halogens is 1. The number of carboxylic acids is 1. The first kappa shape index (κ1) is 15.6. The number of fused-ring (bicyclic) bond motifs is 1. The van der Waals surface area contributed by atoms with E-state index in [1.807, 2.05) is 0 Å². The molecule has 114 valence electrons. The zero-order valence-corrected chi connectivity index (χ0v) is 12.4. The van der Waals surface area contributed by atoms with Crippen molar-refractivity contribution in [1.82, 2.24) is 0 Å². The summed E-state index contributed by atoms with van der Waals surface area (Å²) in [6.07, 6.45) is -0.0508. The number of hydrogen-bond donors (Lipinski definition) is 3. The monoisotopic (exact) mass is 332 g/mol. The normalized spacial score (nSPS) is 13.7. The first-order valence-electron chi connectivity index (χ1n) is 6.11. The maximum atomic E-state index is 11.9. The quantitative estimate of drug-likeness (QED) is 0.729. The molecule has 0 bridgehead atoms. The van der Waals surface area contributed by atoms with Gasteiger partial charge in [0, 0.05) is 12.1 Å². The molecule has 0 fully saturated rings. The number of carbonyl (C=O) groups excluding carboxylic acids is 1. The van der Waals surface area contributed by atoms with Crippen LogP contribution in [0.2, 0.25) is 5.02 Å². The summed E-state index contributed by atoms with van der Waals surface area (Å²) in [6.45, 7) is 0. The van der Waals surface area contributed by atoms with Gasteiger partial charge in [0.1, 0.15) is 0 Å². The van der Waals surface area contributed by atoms with Crippen molar-refractivity contribution in [1.29, 1.82) is 0 Å². The molecule has 0 saturated carbocycles. The van der Waals surface area contributed by atoms with Crippen LogP contribution in [0.15, 0.2) is 12.1 Å².